The topological polar surface area (TPSA) is 46.3 Å². The summed E-state index contributed by atoms with van der Waals surface area (Å²) in [5, 5.41) is 0. The summed E-state index contributed by atoms with van der Waals surface area (Å²) in [6, 6.07) is 0. The van der Waals surface area contributed by atoms with Crippen molar-refractivity contribution < 1.29 is 4.79 Å². The van der Waals surface area contributed by atoms with E-state index in [1.54, 1.807) is 0 Å². The minimum atomic E-state index is 0.155. The van der Waals surface area contributed by atoms with Gasteiger partial charge < -0.3 is 10.6 Å². The molecule has 1 saturated heterocycles. The molecule has 0 atom stereocenters. The van der Waals surface area contributed by atoms with E-state index in [2.05, 4.69) is 18.7 Å². The quantitative estimate of drug-likeness (QED) is 0.836. The third-order valence-electron chi connectivity index (χ3n) is 5.55. The number of nitrogens with zero attached hydrogens (tertiary/aromatic N) is 1. The van der Waals surface area contributed by atoms with Crippen molar-refractivity contribution in [1.29, 1.82) is 0 Å². The molecule has 0 unspecified atom stereocenters. The summed E-state index contributed by atoms with van der Waals surface area (Å²) in [7, 11) is 0. The molecule has 0 aromatic carbocycles. The van der Waals surface area contributed by atoms with Gasteiger partial charge in [0, 0.05) is 19.5 Å². The Morgan fingerprint density at radius 3 is 2.22 bits per heavy atom. The fourth-order valence-electron chi connectivity index (χ4n) is 3.21. The van der Waals surface area contributed by atoms with Crippen LogP contribution in [0.2, 0.25) is 0 Å². The lowest BCUT2D eigenvalue weighted by Gasteiger charge is -2.44. The second-order valence-corrected chi connectivity index (χ2v) is 6.78. The van der Waals surface area contributed by atoms with Gasteiger partial charge in [-0.05, 0) is 43.1 Å². The molecular weight excluding hydrogens is 224 g/mol. The van der Waals surface area contributed by atoms with E-state index in [9.17, 15) is 4.79 Å². The molecule has 1 aliphatic carbocycles. The summed E-state index contributed by atoms with van der Waals surface area (Å²) in [6.45, 7) is 7.18. The molecular formula is C15H28N2O. The second-order valence-electron chi connectivity index (χ2n) is 6.78. The third kappa shape index (κ3) is 2.71. The van der Waals surface area contributed by atoms with Crippen molar-refractivity contribution in [3.8, 4) is 0 Å². The first-order chi connectivity index (χ1) is 8.52. The molecule has 2 rings (SSSR count). The first-order valence-corrected chi connectivity index (χ1v) is 7.50. The van der Waals surface area contributed by atoms with E-state index in [0.29, 0.717) is 24.3 Å². The average Bonchev–Trinajstić information content (AvgIpc) is 2.34. The van der Waals surface area contributed by atoms with Crippen molar-refractivity contribution in [3.63, 3.8) is 0 Å². The van der Waals surface area contributed by atoms with Gasteiger partial charge in [0.25, 0.3) is 0 Å². The number of rotatable bonds is 4. The van der Waals surface area contributed by atoms with Crippen LogP contribution in [0.3, 0.4) is 0 Å². The summed E-state index contributed by atoms with van der Waals surface area (Å²) in [5.74, 6) is 0.346. The van der Waals surface area contributed by atoms with Gasteiger partial charge in [0.05, 0.1) is 0 Å². The van der Waals surface area contributed by atoms with Gasteiger partial charge in [-0.2, -0.15) is 0 Å². The second kappa shape index (κ2) is 5.20. The molecule has 2 fully saturated rings. The highest BCUT2D eigenvalue weighted by atomic mass is 16.2. The Balaban J connectivity index is 1.84. The van der Waals surface area contributed by atoms with Crippen LogP contribution in [0.1, 0.15) is 58.8 Å². The number of hydrogen-bond acceptors (Lipinski definition) is 2. The van der Waals surface area contributed by atoms with Crippen LogP contribution < -0.4 is 5.73 Å². The summed E-state index contributed by atoms with van der Waals surface area (Å²) in [6.07, 6.45) is 7.77. The predicted octanol–water partition coefficient (Wildman–Crippen LogP) is 2.54. The zero-order chi connectivity index (χ0) is 13.2. The van der Waals surface area contributed by atoms with Crippen LogP contribution in [0.4, 0.5) is 0 Å². The number of carbonyl (C=O) groups is 1. The summed E-state index contributed by atoms with van der Waals surface area (Å²) >= 11 is 0. The number of amides is 1. The van der Waals surface area contributed by atoms with Crippen LogP contribution in [-0.2, 0) is 4.79 Å². The normalized spacial score (nSPS) is 25.6. The molecule has 0 aromatic heterocycles. The van der Waals surface area contributed by atoms with Crippen molar-refractivity contribution in [2.24, 2.45) is 16.6 Å². The molecule has 3 heteroatoms. The van der Waals surface area contributed by atoms with Gasteiger partial charge in [0.1, 0.15) is 0 Å². The van der Waals surface area contributed by atoms with E-state index < -0.39 is 0 Å². The van der Waals surface area contributed by atoms with Crippen LogP contribution in [0.5, 0.6) is 0 Å². The van der Waals surface area contributed by atoms with Gasteiger partial charge in [0.15, 0.2) is 0 Å². The van der Waals surface area contributed by atoms with E-state index in [0.717, 1.165) is 38.8 Å². The van der Waals surface area contributed by atoms with Gasteiger partial charge in [-0.25, -0.2) is 0 Å². The number of carbonyl (C=O) groups excluding carboxylic acids is 1. The molecule has 1 aliphatic heterocycles. The van der Waals surface area contributed by atoms with E-state index in [-0.39, 0.29) is 5.41 Å². The van der Waals surface area contributed by atoms with Crippen molar-refractivity contribution in [1.82, 2.24) is 4.90 Å². The number of likely N-dealkylation sites (tertiary alicyclic amines) is 1. The van der Waals surface area contributed by atoms with Crippen LogP contribution in [0, 0.1) is 10.8 Å². The number of piperidine rings is 1. The molecule has 0 aromatic rings. The van der Waals surface area contributed by atoms with Crippen LogP contribution in [0.15, 0.2) is 0 Å². The predicted molar refractivity (Wildman–Crippen MR) is 74.2 cm³/mol. The average molecular weight is 252 g/mol. The van der Waals surface area contributed by atoms with Gasteiger partial charge in [0.2, 0.25) is 5.91 Å². The molecule has 18 heavy (non-hydrogen) atoms. The highest BCUT2D eigenvalue weighted by molar-refractivity contribution is 5.77. The molecule has 0 spiro atoms. The third-order valence-corrected chi connectivity index (χ3v) is 5.55. The van der Waals surface area contributed by atoms with Crippen molar-refractivity contribution in [3.05, 3.63) is 0 Å². The van der Waals surface area contributed by atoms with Crippen molar-refractivity contribution in [2.75, 3.05) is 19.6 Å². The zero-order valence-corrected chi connectivity index (χ0v) is 12.0. The fourth-order valence-corrected chi connectivity index (χ4v) is 3.21. The Hall–Kier alpha value is -0.570. The highest BCUT2D eigenvalue weighted by Gasteiger charge is 2.39. The van der Waals surface area contributed by atoms with Gasteiger partial charge in [-0.15, -0.1) is 0 Å². The Morgan fingerprint density at radius 2 is 1.83 bits per heavy atom. The Labute approximate surface area is 111 Å². The fraction of sp³-hybridized carbons (Fsp3) is 0.933. The first kappa shape index (κ1) is 13.9. The maximum atomic E-state index is 12.3. The SMILES string of the molecule is CCC1(C)CCN(C(=O)CC2(CN)CCC2)CC1. The van der Waals surface area contributed by atoms with Gasteiger partial charge >= 0.3 is 0 Å². The molecule has 104 valence electrons. The molecule has 2 aliphatic rings. The lowest BCUT2D eigenvalue weighted by atomic mass is 9.66. The number of hydrogen-bond donors (Lipinski definition) is 1. The smallest absolute Gasteiger partial charge is 0.223 e. The maximum Gasteiger partial charge on any atom is 0.223 e. The molecule has 1 heterocycles. The highest BCUT2D eigenvalue weighted by Crippen LogP contribution is 2.43. The minimum Gasteiger partial charge on any atom is -0.343 e. The molecule has 2 N–H and O–H groups in total. The Kier molecular flexibility index (Phi) is 4.00. The summed E-state index contributed by atoms with van der Waals surface area (Å²) in [5.41, 5.74) is 6.45. The Bertz CT molecular complexity index is 296. The van der Waals surface area contributed by atoms with Crippen LogP contribution >= 0.6 is 0 Å². The van der Waals surface area contributed by atoms with Gasteiger partial charge in [-0.3, -0.25) is 4.79 Å². The van der Waals surface area contributed by atoms with E-state index in [1.165, 1.54) is 12.8 Å². The first-order valence-electron chi connectivity index (χ1n) is 7.50. The monoisotopic (exact) mass is 252 g/mol. The van der Waals surface area contributed by atoms with E-state index >= 15 is 0 Å². The van der Waals surface area contributed by atoms with Crippen LogP contribution in [-0.4, -0.2) is 30.4 Å². The van der Waals surface area contributed by atoms with Crippen molar-refractivity contribution in [2.45, 2.75) is 58.8 Å². The summed E-state index contributed by atoms with van der Waals surface area (Å²) in [4.78, 5) is 14.4. The number of nitrogens with two attached hydrogens (primary N) is 1. The zero-order valence-electron chi connectivity index (χ0n) is 12.0. The summed E-state index contributed by atoms with van der Waals surface area (Å²) < 4.78 is 0. The molecule has 1 amide bonds. The van der Waals surface area contributed by atoms with Crippen LogP contribution in [0.25, 0.3) is 0 Å². The van der Waals surface area contributed by atoms with E-state index in [1.807, 2.05) is 0 Å². The Morgan fingerprint density at radius 1 is 1.22 bits per heavy atom. The molecule has 3 nitrogen and oxygen atoms in total. The molecule has 1 saturated carbocycles. The molecule has 0 bridgehead atoms. The lowest BCUT2D eigenvalue weighted by molar-refractivity contribution is -0.137. The lowest BCUT2D eigenvalue weighted by Crippen LogP contribution is -2.46. The maximum absolute atomic E-state index is 12.3. The van der Waals surface area contributed by atoms with E-state index in [4.69, 9.17) is 5.73 Å². The standard InChI is InChI=1S/C15H28N2O/c1-3-14(2)7-9-17(10-8-14)13(18)11-15(12-16)5-4-6-15/h3-12,16H2,1-2H3. The molecule has 0 radical (unpaired) electrons. The minimum absolute atomic E-state index is 0.155. The van der Waals surface area contributed by atoms with Crippen molar-refractivity contribution >= 4 is 5.91 Å². The largest absolute Gasteiger partial charge is 0.343 e. The van der Waals surface area contributed by atoms with Gasteiger partial charge in [-0.1, -0.05) is 26.7 Å².